The highest BCUT2D eigenvalue weighted by atomic mass is 16.5. The Labute approximate surface area is 213 Å². The van der Waals surface area contributed by atoms with Crippen molar-refractivity contribution in [2.45, 2.75) is 38.2 Å². The fourth-order valence-corrected chi connectivity index (χ4v) is 5.19. The standard InChI is InChI=1S/C29H25N7O/c1-2-6-20(7-3-1)37-21-11-19(15-31-16-21)25-12-23-27(17-33-25)35-36-29(23)26-13-22-24(34-26)8-10-32-28(22)18-5-4-9-30-14-18/h4-5,8-17,20,34H,1-3,6-7H2,(H,35,36). The molecule has 2 N–H and O–H groups in total. The summed E-state index contributed by atoms with van der Waals surface area (Å²) < 4.78 is 6.24. The van der Waals surface area contributed by atoms with E-state index in [9.17, 15) is 0 Å². The van der Waals surface area contributed by atoms with Crippen LogP contribution in [-0.4, -0.2) is 41.2 Å². The molecule has 0 amide bonds. The molecule has 0 bridgehead atoms. The highest BCUT2D eigenvalue weighted by Crippen LogP contribution is 2.34. The Bertz CT molecular complexity index is 1700. The zero-order chi connectivity index (χ0) is 24.6. The largest absolute Gasteiger partial charge is 0.489 e. The summed E-state index contributed by atoms with van der Waals surface area (Å²) in [7, 11) is 0. The van der Waals surface area contributed by atoms with E-state index in [0.717, 1.165) is 74.3 Å². The molecule has 8 nitrogen and oxygen atoms in total. The number of fused-ring (bicyclic) bond motifs is 2. The maximum atomic E-state index is 6.24. The van der Waals surface area contributed by atoms with Crippen LogP contribution in [0.5, 0.6) is 5.75 Å². The molecule has 0 atom stereocenters. The minimum absolute atomic E-state index is 0.273. The Morgan fingerprint density at radius 1 is 0.757 bits per heavy atom. The monoisotopic (exact) mass is 487 g/mol. The van der Waals surface area contributed by atoms with Crippen molar-refractivity contribution in [1.29, 1.82) is 0 Å². The van der Waals surface area contributed by atoms with Crippen molar-refractivity contribution in [1.82, 2.24) is 35.1 Å². The van der Waals surface area contributed by atoms with Gasteiger partial charge < -0.3 is 9.72 Å². The quantitative estimate of drug-likeness (QED) is 0.294. The number of aromatic amines is 2. The van der Waals surface area contributed by atoms with Crippen molar-refractivity contribution in [3.63, 3.8) is 0 Å². The van der Waals surface area contributed by atoms with Gasteiger partial charge in [-0.3, -0.25) is 25.0 Å². The predicted octanol–water partition coefficient (Wildman–Crippen LogP) is 6.34. The van der Waals surface area contributed by atoms with Crippen LogP contribution in [-0.2, 0) is 0 Å². The van der Waals surface area contributed by atoms with Gasteiger partial charge in [-0.15, -0.1) is 0 Å². The molecular weight excluding hydrogens is 462 g/mol. The third-order valence-electron chi connectivity index (χ3n) is 7.05. The summed E-state index contributed by atoms with van der Waals surface area (Å²) in [4.78, 5) is 21.5. The van der Waals surface area contributed by atoms with Gasteiger partial charge in [0.15, 0.2) is 0 Å². The van der Waals surface area contributed by atoms with Gasteiger partial charge in [0.05, 0.1) is 41.1 Å². The topological polar surface area (TPSA) is 105 Å². The summed E-state index contributed by atoms with van der Waals surface area (Å²) in [6, 6.07) is 12.1. The van der Waals surface area contributed by atoms with E-state index in [1.54, 1.807) is 12.4 Å². The summed E-state index contributed by atoms with van der Waals surface area (Å²) in [5.74, 6) is 0.796. The second-order valence-corrected chi connectivity index (χ2v) is 9.52. The zero-order valence-electron chi connectivity index (χ0n) is 20.2. The summed E-state index contributed by atoms with van der Waals surface area (Å²) in [6.45, 7) is 0. The van der Waals surface area contributed by atoms with E-state index >= 15 is 0 Å². The molecule has 0 spiro atoms. The molecule has 6 heterocycles. The van der Waals surface area contributed by atoms with Gasteiger partial charge in [0.2, 0.25) is 0 Å². The van der Waals surface area contributed by atoms with Crippen LogP contribution in [0.1, 0.15) is 32.1 Å². The summed E-state index contributed by atoms with van der Waals surface area (Å²) >= 11 is 0. The molecule has 1 saturated carbocycles. The van der Waals surface area contributed by atoms with Crippen LogP contribution in [0.25, 0.3) is 55.7 Å². The second-order valence-electron chi connectivity index (χ2n) is 9.52. The van der Waals surface area contributed by atoms with E-state index in [1.165, 1.54) is 19.3 Å². The first-order chi connectivity index (χ1) is 18.3. The van der Waals surface area contributed by atoms with Gasteiger partial charge >= 0.3 is 0 Å². The summed E-state index contributed by atoms with van der Waals surface area (Å²) in [6.07, 6.45) is 17.1. The minimum atomic E-state index is 0.273. The molecule has 0 unspecified atom stereocenters. The Kier molecular flexibility index (Phi) is 5.35. The maximum Gasteiger partial charge on any atom is 0.138 e. The molecule has 0 saturated heterocycles. The van der Waals surface area contributed by atoms with E-state index in [-0.39, 0.29) is 6.10 Å². The van der Waals surface area contributed by atoms with Crippen LogP contribution in [0.15, 0.2) is 73.6 Å². The third kappa shape index (κ3) is 4.10. The smallest absolute Gasteiger partial charge is 0.138 e. The van der Waals surface area contributed by atoms with Crippen molar-refractivity contribution in [3.8, 4) is 39.7 Å². The number of aromatic nitrogens is 7. The fourth-order valence-electron chi connectivity index (χ4n) is 5.19. The van der Waals surface area contributed by atoms with Crippen LogP contribution in [0.3, 0.4) is 0 Å². The number of hydrogen-bond acceptors (Lipinski definition) is 6. The zero-order valence-corrected chi connectivity index (χ0v) is 20.2. The van der Waals surface area contributed by atoms with Crippen molar-refractivity contribution in [3.05, 3.63) is 73.6 Å². The third-order valence-corrected chi connectivity index (χ3v) is 7.05. The maximum absolute atomic E-state index is 6.24. The number of rotatable bonds is 5. The summed E-state index contributed by atoms with van der Waals surface area (Å²) in [5.41, 5.74) is 7.19. The van der Waals surface area contributed by atoms with E-state index in [1.807, 2.05) is 49.1 Å². The Morgan fingerprint density at radius 3 is 2.54 bits per heavy atom. The Morgan fingerprint density at radius 2 is 1.65 bits per heavy atom. The first-order valence-electron chi connectivity index (χ1n) is 12.7. The lowest BCUT2D eigenvalue weighted by atomic mass is 9.98. The average molecular weight is 488 g/mol. The lowest BCUT2D eigenvalue weighted by molar-refractivity contribution is 0.154. The van der Waals surface area contributed by atoms with Gasteiger partial charge in [-0.1, -0.05) is 6.42 Å². The van der Waals surface area contributed by atoms with Gasteiger partial charge in [0, 0.05) is 52.2 Å². The average Bonchev–Trinajstić information content (AvgIpc) is 3.58. The molecule has 1 aliphatic rings. The molecule has 7 rings (SSSR count). The van der Waals surface area contributed by atoms with Crippen molar-refractivity contribution < 1.29 is 4.74 Å². The van der Waals surface area contributed by atoms with E-state index in [4.69, 9.17) is 4.74 Å². The molecule has 6 aromatic rings. The van der Waals surface area contributed by atoms with Crippen molar-refractivity contribution in [2.75, 3.05) is 0 Å². The lowest BCUT2D eigenvalue weighted by Crippen LogP contribution is -2.19. The number of nitrogens with one attached hydrogen (secondary N) is 2. The Balaban J connectivity index is 1.26. The number of hydrogen-bond donors (Lipinski definition) is 2. The Hall–Kier alpha value is -4.59. The number of H-pyrrole nitrogens is 2. The minimum Gasteiger partial charge on any atom is -0.489 e. The fraction of sp³-hybridized carbons (Fsp3) is 0.207. The van der Waals surface area contributed by atoms with E-state index in [0.29, 0.717) is 0 Å². The normalized spacial score (nSPS) is 14.4. The summed E-state index contributed by atoms with van der Waals surface area (Å²) in [5, 5.41) is 9.75. The van der Waals surface area contributed by atoms with Crippen molar-refractivity contribution in [2.24, 2.45) is 0 Å². The van der Waals surface area contributed by atoms with Crippen LogP contribution < -0.4 is 4.74 Å². The molecule has 8 heteroatoms. The van der Waals surface area contributed by atoms with E-state index in [2.05, 4.69) is 47.2 Å². The van der Waals surface area contributed by atoms with Crippen molar-refractivity contribution >= 4 is 21.8 Å². The van der Waals surface area contributed by atoms with Crippen LogP contribution >= 0.6 is 0 Å². The molecule has 37 heavy (non-hydrogen) atoms. The van der Waals surface area contributed by atoms with Gasteiger partial charge in [-0.05, 0) is 62.1 Å². The number of ether oxygens (including phenoxy) is 1. The SMILES string of the molecule is c1cncc(-c2nccc3[nH]c(-c4n[nH]c5cnc(-c6cncc(OC7CCCCC7)c6)cc45)cc23)c1. The molecule has 0 radical (unpaired) electrons. The molecule has 0 aromatic carbocycles. The molecule has 1 fully saturated rings. The van der Waals surface area contributed by atoms with Crippen LogP contribution in [0.4, 0.5) is 0 Å². The molecular formula is C29H25N7O. The van der Waals surface area contributed by atoms with Crippen LogP contribution in [0.2, 0.25) is 0 Å². The van der Waals surface area contributed by atoms with Gasteiger partial charge in [-0.2, -0.15) is 5.10 Å². The highest BCUT2D eigenvalue weighted by Gasteiger charge is 2.17. The van der Waals surface area contributed by atoms with Gasteiger partial charge in [-0.25, -0.2) is 0 Å². The van der Waals surface area contributed by atoms with Gasteiger partial charge in [0.25, 0.3) is 0 Å². The first kappa shape index (κ1) is 21.7. The number of pyridine rings is 4. The molecule has 0 aliphatic heterocycles. The molecule has 182 valence electrons. The predicted molar refractivity (Wildman–Crippen MR) is 143 cm³/mol. The first-order valence-corrected chi connectivity index (χ1v) is 12.7. The van der Waals surface area contributed by atoms with Gasteiger partial charge in [0.1, 0.15) is 11.4 Å². The highest BCUT2D eigenvalue weighted by molar-refractivity contribution is 6.00. The molecule has 1 aliphatic carbocycles. The number of nitrogens with zero attached hydrogens (tertiary/aromatic N) is 5. The van der Waals surface area contributed by atoms with E-state index < -0.39 is 0 Å². The second kappa shape index (κ2) is 9.13. The lowest BCUT2D eigenvalue weighted by Gasteiger charge is -2.22. The molecule has 6 aromatic heterocycles. The van der Waals surface area contributed by atoms with Crippen LogP contribution in [0, 0.1) is 0 Å².